The van der Waals surface area contributed by atoms with Crippen LogP contribution in [0.3, 0.4) is 0 Å². The molecule has 0 bridgehead atoms. The van der Waals surface area contributed by atoms with Gasteiger partial charge >= 0.3 is 5.16 Å². The van der Waals surface area contributed by atoms with E-state index in [-0.39, 0.29) is 23.7 Å². The number of amides is 1. The molecule has 0 spiro atoms. The van der Waals surface area contributed by atoms with Crippen LogP contribution in [0.15, 0.2) is 52.8 Å². The van der Waals surface area contributed by atoms with Crippen LogP contribution in [0.1, 0.15) is 18.5 Å². The van der Waals surface area contributed by atoms with Crippen molar-refractivity contribution in [2.45, 2.75) is 31.5 Å². The van der Waals surface area contributed by atoms with Gasteiger partial charge in [0.25, 0.3) is 5.56 Å². The van der Waals surface area contributed by atoms with Crippen molar-refractivity contribution in [3.63, 3.8) is 0 Å². The van der Waals surface area contributed by atoms with Gasteiger partial charge in [0.1, 0.15) is 6.26 Å². The summed E-state index contributed by atoms with van der Waals surface area (Å²) in [5, 5.41) is 1.06. The molecule has 1 unspecified atom stereocenters. The molecule has 0 aliphatic heterocycles. The number of aryl methyl sites for hydroxylation is 2. The fourth-order valence-corrected chi connectivity index (χ4v) is 4.29. The maximum absolute atomic E-state index is 13.5. The molecule has 1 atom stereocenters. The van der Waals surface area contributed by atoms with Crippen LogP contribution in [0.2, 0.25) is 5.02 Å². The van der Waals surface area contributed by atoms with Crippen LogP contribution in [0.5, 0.6) is 0 Å². The van der Waals surface area contributed by atoms with E-state index in [1.165, 1.54) is 17.0 Å². The van der Waals surface area contributed by atoms with Gasteiger partial charge in [-0.1, -0.05) is 23.7 Å². The second kappa shape index (κ2) is 9.88. The summed E-state index contributed by atoms with van der Waals surface area (Å²) in [6, 6.07) is 6.99. The maximum atomic E-state index is 13.5. The normalized spacial score (nSPS) is 12.1. The van der Waals surface area contributed by atoms with Gasteiger partial charge in [0.2, 0.25) is 5.91 Å². The van der Waals surface area contributed by atoms with E-state index in [1.54, 1.807) is 30.6 Å². The summed E-state index contributed by atoms with van der Waals surface area (Å²) in [5.41, 5.74) is 8.36. The summed E-state index contributed by atoms with van der Waals surface area (Å²) < 4.78 is 13.3. The lowest BCUT2D eigenvalue weighted by Crippen LogP contribution is -2.24. The minimum absolute atomic E-state index is 0.114. The van der Waals surface area contributed by atoms with E-state index in [9.17, 15) is 14.1 Å². The Bertz CT molecular complexity index is 1460. The Kier molecular flexibility index (Phi) is 6.92. The van der Waals surface area contributed by atoms with Crippen molar-refractivity contribution in [2.24, 2.45) is 5.73 Å². The summed E-state index contributed by atoms with van der Waals surface area (Å²) in [4.78, 5) is 41.9. The summed E-state index contributed by atoms with van der Waals surface area (Å²) in [6.45, 7) is 2.05. The van der Waals surface area contributed by atoms with E-state index in [0.29, 0.717) is 39.3 Å². The number of pyridine rings is 1. The molecule has 3 heterocycles. The quantitative estimate of drug-likeness (QED) is 0.306. The number of carbonyl (C=O) groups excluding carboxylic acids is 1. The van der Waals surface area contributed by atoms with Gasteiger partial charge in [-0.25, -0.2) is 4.98 Å². The number of fused-ring (bicyclic) bond motifs is 1. The average molecular weight is 497 g/mol. The number of aromatic nitrogens is 5. The van der Waals surface area contributed by atoms with Crippen LogP contribution in [0, 0.1) is 6.92 Å². The van der Waals surface area contributed by atoms with Crippen molar-refractivity contribution >= 4 is 39.7 Å². The zero-order valence-corrected chi connectivity index (χ0v) is 20.1. The van der Waals surface area contributed by atoms with Crippen molar-refractivity contribution in [1.29, 1.82) is 0 Å². The molecule has 2 N–H and O–H groups in total. The Morgan fingerprint density at radius 1 is 1.18 bits per heavy atom. The van der Waals surface area contributed by atoms with E-state index in [4.69, 9.17) is 17.3 Å². The molecule has 11 heteroatoms. The Balaban J connectivity index is 1.85. The van der Waals surface area contributed by atoms with Gasteiger partial charge in [0, 0.05) is 63.6 Å². The summed E-state index contributed by atoms with van der Waals surface area (Å²) in [5.74, 6) is -0.462. The third-order valence-corrected chi connectivity index (χ3v) is 6.20. The van der Waals surface area contributed by atoms with Gasteiger partial charge < -0.3 is 10.3 Å². The average Bonchev–Trinajstić information content (AvgIpc) is 2.80. The molecule has 1 aromatic carbocycles. The smallest absolute Gasteiger partial charge is 0.344 e. The second-order valence-electron chi connectivity index (χ2n) is 7.71. The highest BCUT2D eigenvalue weighted by Crippen LogP contribution is 2.31. The third kappa shape index (κ3) is 4.93. The monoisotopic (exact) mass is 496 g/mol. The Morgan fingerprint density at radius 3 is 2.65 bits per heavy atom. The zero-order valence-electron chi connectivity index (χ0n) is 18.5. The number of rotatable bonds is 7. The molecule has 4 rings (SSSR count). The maximum Gasteiger partial charge on any atom is 0.344 e. The molecule has 9 nitrogen and oxygen atoms in total. The van der Waals surface area contributed by atoms with Crippen molar-refractivity contribution in [3.8, 4) is 22.4 Å². The van der Waals surface area contributed by atoms with Crippen LogP contribution in [0.25, 0.3) is 33.4 Å². The van der Waals surface area contributed by atoms with Crippen LogP contribution in [-0.2, 0) is 22.5 Å². The fraction of sp³-hybridized carbons (Fsp3) is 0.217. The van der Waals surface area contributed by atoms with Gasteiger partial charge in [-0.05, 0) is 25.5 Å². The fourth-order valence-electron chi connectivity index (χ4n) is 3.59. The van der Waals surface area contributed by atoms with Crippen LogP contribution < -0.4 is 11.3 Å². The molecule has 0 aliphatic carbocycles. The lowest BCUT2D eigenvalue weighted by Gasteiger charge is -2.14. The lowest BCUT2D eigenvalue weighted by molar-refractivity contribution is -0.118. The van der Waals surface area contributed by atoms with E-state index in [1.807, 2.05) is 13.0 Å². The summed E-state index contributed by atoms with van der Waals surface area (Å²) >= 11 is 5.19. The Hall–Kier alpha value is -3.34. The van der Waals surface area contributed by atoms with E-state index in [2.05, 4.69) is 19.9 Å². The number of halogens is 1. The number of hydrogen-bond donors (Lipinski definition) is 1. The summed E-state index contributed by atoms with van der Waals surface area (Å²) in [7, 11) is 0. The largest absolute Gasteiger partial charge is 0.609 e. The predicted octanol–water partition coefficient (Wildman–Crippen LogP) is 2.88. The Labute approximate surface area is 203 Å². The molecular weight excluding hydrogens is 476 g/mol. The topological polar surface area (TPSA) is 140 Å². The molecule has 0 saturated heterocycles. The summed E-state index contributed by atoms with van der Waals surface area (Å²) in [6.07, 6.45) is 6.76. The van der Waals surface area contributed by atoms with Gasteiger partial charge in [-0.3, -0.25) is 19.1 Å². The molecule has 1 amide bonds. The first-order valence-corrected chi connectivity index (χ1v) is 12.3. The van der Waals surface area contributed by atoms with Crippen molar-refractivity contribution in [2.75, 3.05) is 6.26 Å². The molecule has 34 heavy (non-hydrogen) atoms. The van der Waals surface area contributed by atoms with E-state index >= 15 is 0 Å². The predicted molar refractivity (Wildman–Crippen MR) is 131 cm³/mol. The van der Waals surface area contributed by atoms with Gasteiger partial charge in [0.05, 0.1) is 17.6 Å². The van der Waals surface area contributed by atoms with Crippen molar-refractivity contribution in [3.05, 3.63) is 63.9 Å². The lowest BCUT2D eigenvalue weighted by atomic mass is 10.0. The number of nitrogens with zero attached hydrogens (tertiary/aromatic N) is 5. The minimum atomic E-state index is -1.42. The first-order valence-electron chi connectivity index (χ1n) is 10.4. The molecular formula is C23H21ClN6O3S. The highest BCUT2D eigenvalue weighted by molar-refractivity contribution is 7.90. The highest BCUT2D eigenvalue weighted by Gasteiger charge is 2.18. The van der Waals surface area contributed by atoms with Crippen LogP contribution in [-0.4, -0.2) is 41.2 Å². The number of hydrogen-bond acceptors (Lipinski definition) is 7. The molecule has 0 aliphatic rings. The number of nitrogens with two attached hydrogens (primary N) is 1. The van der Waals surface area contributed by atoms with Crippen molar-refractivity contribution < 1.29 is 9.35 Å². The Morgan fingerprint density at radius 2 is 1.97 bits per heavy atom. The molecule has 4 aromatic rings. The van der Waals surface area contributed by atoms with Crippen LogP contribution in [0.4, 0.5) is 0 Å². The number of carbonyl (C=O) groups is 1. The zero-order chi connectivity index (χ0) is 24.4. The third-order valence-electron chi connectivity index (χ3n) is 5.18. The number of primary amides is 1. The number of benzene rings is 1. The van der Waals surface area contributed by atoms with E-state index < -0.39 is 17.1 Å². The van der Waals surface area contributed by atoms with Gasteiger partial charge in [-0.2, -0.15) is 9.97 Å². The molecule has 0 radical (unpaired) electrons. The van der Waals surface area contributed by atoms with Gasteiger partial charge in [-0.15, -0.1) is 0 Å². The van der Waals surface area contributed by atoms with Crippen LogP contribution >= 0.6 is 11.6 Å². The van der Waals surface area contributed by atoms with Gasteiger partial charge in [0.15, 0.2) is 5.65 Å². The molecule has 0 fully saturated rings. The molecule has 3 aromatic heterocycles. The molecule has 174 valence electrons. The highest BCUT2D eigenvalue weighted by atomic mass is 35.5. The first kappa shape index (κ1) is 23.8. The molecule has 0 saturated carbocycles. The van der Waals surface area contributed by atoms with Crippen molar-refractivity contribution in [1.82, 2.24) is 24.5 Å². The van der Waals surface area contributed by atoms with E-state index in [0.717, 1.165) is 11.3 Å². The second-order valence-corrected chi connectivity index (χ2v) is 9.39. The standard InChI is InChI=1S/C23H21ClN6O3S/c1-13-10-26-12-19(28-13)14-5-6-16(18(24)9-14)17-8-15-11-27-23(34(2)33)29-21(15)30(22(17)32)7-3-4-20(25)31/h5-6,8-12H,3-4,7H2,1-2H3,(H2,25,31). The first-order chi connectivity index (χ1) is 16.2. The minimum Gasteiger partial charge on any atom is -0.609 e. The SMILES string of the molecule is Cc1cncc(-c2ccc(-c3cc4cnc([S+](C)[O-])nc4n(CCCC(N)=O)c3=O)c(Cl)c2)n1.